The molecule has 0 fully saturated rings. The van der Waals surface area contributed by atoms with Crippen LogP contribution in [0.5, 0.6) is 0 Å². The van der Waals surface area contributed by atoms with Crippen LogP contribution in [-0.4, -0.2) is 16.1 Å². The van der Waals surface area contributed by atoms with Crippen molar-refractivity contribution in [1.82, 2.24) is 4.98 Å². The summed E-state index contributed by atoms with van der Waals surface area (Å²) in [6.45, 7) is 0. The van der Waals surface area contributed by atoms with Crippen LogP contribution in [0.1, 0.15) is 5.56 Å². The molecule has 1 aromatic rings. The number of hydrogen-bond donors (Lipinski definition) is 2. The van der Waals surface area contributed by atoms with Gasteiger partial charge in [-0.25, -0.2) is 9.78 Å². The summed E-state index contributed by atoms with van der Waals surface area (Å²) in [7, 11) is 0. The number of carboxylic acid groups (broad SMARTS) is 1. The van der Waals surface area contributed by atoms with E-state index in [1.54, 1.807) is 0 Å². The van der Waals surface area contributed by atoms with Gasteiger partial charge in [0, 0.05) is 17.8 Å². The molecule has 0 bridgehead atoms. The predicted molar refractivity (Wildman–Crippen MR) is 58.0 cm³/mol. The molecule has 0 saturated heterocycles. The Labute approximate surface area is 93.5 Å². The minimum absolute atomic E-state index is 0.245. The maximum atomic E-state index is 10.2. The summed E-state index contributed by atoms with van der Waals surface area (Å²) >= 11 is 8.81. The minimum Gasteiger partial charge on any atom is -0.478 e. The van der Waals surface area contributed by atoms with E-state index < -0.39 is 5.97 Å². The van der Waals surface area contributed by atoms with Crippen molar-refractivity contribution in [2.24, 2.45) is 0 Å². The van der Waals surface area contributed by atoms with Crippen LogP contribution in [0.2, 0.25) is 5.15 Å². The van der Waals surface area contributed by atoms with Crippen LogP contribution < -0.4 is 5.73 Å². The number of aromatic nitrogens is 1. The van der Waals surface area contributed by atoms with Crippen LogP contribution in [0.4, 0.5) is 5.69 Å². The average Bonchev–Trinajstić information content (AvgIpc) is 2.13. The second-order valence-corrected chi connectivity index (χ2v) is 3.55. The van der Waals surface area contributed by atoms with Crippen LogP contribution in [0.15, 0.2) is 16.7 Å². The fourth-order valence-corrected chi connectivity index (χ4v) is 1.27. The second kappa shape index (κ2) is 4.43. The fraction of sp³-hybridized carbons (Fsp3) is 0. The molecular formula is C8H6BrClN2O2. The summed E-state index contributed by atoms with van der Waals surface area (Å²) in [4.78, 5) is 14.1. The van der Waals surface area contributed by atoms with E-state index in [4.69, 9.17) is 22.4 Å². The SMILES string of the molecule is Nc1c(C=CC(=O)O)cnc(Cl)c1Br. The molecule has 1 aromatic heterocycles. The van der Waals surface area contributed by atoms with Crippen molar-refractivity contribution in [3.63, 3.8) is 0 Å². The lowest BCUT2D eigenvalue weighted by atomic mass is 10.2. The Morgan fingerprint density at radius 2 is 2.36 bits per heavy atom. The average molecular weight is 278 g/mol. The minimum atomic E-state index is -1.05. The van der Waals surface area contributed by atoms with E-state index in [2.05, 4.69) is 20.9 Å². The topological polar surface area (TPSA) is 76.2 Å². The van der Waals surface area contributed by atoms with Crippen LogP contribution in [0.25, 0.3) is 6.08 Å². The first kappa shape index (κ1) is 11.0. The van der Waals surface area contributed by atoms with Gasteiger partial charge in [0.2, 0.25) is 0 Å². The van der Waals surface area contributed by atoms with Crippen LogP contribution in [0, 0.1) is 0 Å². The van der Waals surface area contributed by atoms with Gasteiger partial charge in [-0.2, -0.15) is 0 Å². The molecule has 4 nitrogen and oxygen atoms in total. The van der Waals surface area contributed by atoms with Crippen LogP contribution in [-0.2, 0) is 4.79 Å². The Morgan fingerprint density at radius 1 is 1.71 bits per heavy atom. The lowest BCUT2D eigenvalue weighted by molar-refractivity contribution is -0.131. The van der Waals surface area contributed by atoms with Crippen LogP contribution in [0.3, 0.4) is 0 Å². The summed E-state index contributed by atoms with van der Waals surface area (Å²) in [5.41, 5.74) is 6.52. The smallest absolute Gasteiger partial charge is 0.328 e. The van der Waals surface area contributed by atoms with Crippen molar-refractivity contribution in [3.8, 4) is 0 Å². The van der Waals surface area contributed by atoms with Gasteiger partial charge in [-0.15, -0.1) is 0 Å². The number of pyridine rings is 1. The highest BCUT2D eigenvalue weighted by molar-refractivity contribution is 9.10. The molecule has 1 heterocycles. The molecule has 0 spiro atoms. The summed E-state index contributed by atoms with van der Waals surface area (Å²) in [5, 5.41) is 8.65. The number of rotatable bonds is 2. The Hall–Kier alpha value is -1.07. The van der Waals surface area contributed by atoms with E-state index in [0.717, 1.165) is 6.08 Å². The molecule has 0 aliphatic heterocycles. The molecule has 0 unspecified atom stereocenters. The molecule has 3 N–H and O–H groups in total. The number of nitrogens with two attached hydrogens (primary N) is 1. The summed E-state index contributed by atoms with van der Waals surface area (Å²) in [6, 6.07) is 0. The second-order valence-electron chi connectivity index (χ2n) is 2.40. The van der Waals surface area contributed by atoms with Gasteiger partial charge in [-0.1, -0.05) is 11.6 Å². The monoisotopic (exact) mass is 276 g/mol. The number of carboxylic acids is 1. The number of anilines is 1. The highest BCUT2D eigenvalue weighted by Crippen LogP contribution is 2.29. The third-order valence-corrected chi connectivity index (χ3v) is 2.77. The predicted octanol–water partition coefficient (Wildman–Crippen LogP) is 2.18. The molecule has 0 aliphatic rings. The van der Waals surface area contributed by atoms with E-state index in [-0.39, 0.29) is 5.15 Å². The first-order chi connectivity index (χ1) is 6.52. The lowest BCUT2D eigenvalue weighted by Crippen LogP contribution is -1.94. The van der Waals surface area contributed by atoms with E-state index in [9.17, 15) is 4.79 Å². The van der Waals surface area contributed by atoms with E-state index in [1.807, 2.05) is 0 Å². The van der Waals surface area contributed by atoms with Gasteiger partial charge in [0.25, 0.3) is 0 Å². The number of hydrogen-bond acceptors (Lipinski definition) is 3. The largest absolute Gasteiger partial charge is 0.478 e. The standard InChI is InChI=1S/C8H6BrClN2O2/c9-6-7(11)4(1-2-5(13)14)3-12-8(6)10/h1-3H,(H2,11,12)(H,13,14). The molecule has 0 atom stereocenters. The molecule has 6 heteroatoms. The van der Waals surface area contributed by atoms with Crippen molar-refractivity contribution >= 4 is 45.3 Å². The van der Waals surface area contributed by atoms with Gasteiger partial charge in [0.1, 0.15) is 5.15 Å². The first-order valence-corrected chi connectivity index (χ1v) is 4.70. The zero-order chi connectivity index (χ0) is 10.7. The Morgan fingerprint density at radius 3 is 2.93 bits per heavy atom. The van der Waals surface area contributed by atoms with Gasteiger partial charge < -0.3 is 10.8 Å². The highest BCUT2D eigenvalue weighted by Gasteiger charge is 2.06. The van der Waals surface area contributed by atoms with E-state index >= 15 is 0 Å². The van der Waals surface area contributed by atoms with Crippen molar-refractivity contribution in [2.45, 2.75) is 0 Å². The molecule has 74 valence electrons. The van der Waals surface area contributed by atoms with Crippen molar-refractivity contribution in [1.29, 1.82) is 0 Å². The molecular weight excluding hydrogens is 271 g/mol. The quantitative estimate of drug-likeness (QED) is 0.642. The van der Waals surface area contributed by atoms with Crippen LogP contribution >= 0.6 is 27.5 Å². The Bertz CT molecular complexity index is 407. The molecule has 14 heavy (non-hydrogen) atoms. The van der Waals surface area contributed by atoms with Gasteiger partial charge in [0.15, 0.2) is 0 Å². The molecule has 0 amide bonds. The van der Waals surface area contributed by atoms with Gasteiger partial charge in [-0.05, 0) is 22.0 Å². The summed E-state index contributed by atoms with van der Waals surface area (Å²) < 4.78 is 0.465. The van der Waals surface area contributed by atoms with Gasteiger partial charge in [-0.3, -0.25) is 0 Å². The number of aliphatic carboxylic acids is 1. The third kappa shape index (κ3) is 2.46. The van der Waals surface area contributed by atoms with Crippen molar-refractivity contribution in [3.05, 3.63) is 27.5 Å². The Kier molecular flexibility index (Phi) is 3.49. The third-order valence-electron chi connectivity index (χ3n) is 1.45. The maximum Gasteiger partial charge on any atom is 0.328 e. The van der Waals surface area contributed by atoms with E-state index in [0.29, 0.717) is 15.7 Å². The molecule has 0 aliphatic carbocycles. The lowest BCUT2D eigenvalue weighted by Gasteiger charge is -2.03. The zero-order valence-corrected chi connectivity index (χ0v) is 9.21. The zero-order valence-electron chi connectivity index (χ0n) is 6.87. The molecule has 0 saturated carbocycles. The van der Waals surface area contributed by atoms with E-state index in [1.165, 1.54) is 12.3 Å². The maximum absolute atomic E-state index is 10.2. The van der Waals surface area contributed by atoms with Gasteiger partial charge >= 0.3 is 5.97 Å². The highest BCUT2D eigenvalue weighted by atomic mass is 79.9. The normalized spacial score (nSPS) is 10.7. The number of nitrogen functional groups attached to an aromatic ring is 1. The fourth-order valence-electron chi connectivity index (χ4n) is 0.784. The van der Waals surface area contributed by atoms with Crippen molar-refractivity contribution in [2.75, 3.05) is 5.73 Å². The number of carbonyl (C=O) groups is 1. The molecule has 0 aromatic carbocycles. The number of halogens is 2. The van der Waals surface area contributed by atoms with Crippen molar-refractivity contribution < 1.29 is 9.90 Å². The molecule has 1 rings (SSSR count). The van der Waals surface area contributed by atoms with Gasteiger partial charge in [0.05, 0.1) is 10.2 Å². The summed E-state index contributed by atoms with van der Waals surface area (Å²) in [6.07, 6.45) is 3.74. The first-order valence-electron chi connectivity index (χ1n) is 3.53. The Balaban J connectivity index is 3.12. The molecule has 0 radical (unpaired) electrons. The summed E-state index contributed by atoms with van der Waals surface area (Å²) in [5.74, 6) is -1.05. The number of nitrogens with zero attached hydrogens (tertiary/aromatic N) is 1.